The lowest BCUT2D eigenvalue weighted by atomic mass is 10.1. The summed E-state index contributed by atoms with van der Waals surface area (Å²) in [7, 11) is 3.45. The number of amides is 2. The molecule has 1 aromatic carbocycles. The zero-order valence-corrected chi connectivity index (χ0v) is 13.8. The van der Waals surface area contributed by atoms with E-state index in [9.17, 15) is 9.59 Å². The molecule has 1 aliphatic heterocycles. The second-order valence-corrected chi connectivity index (χ2v) is 6.06. The summed E-state index contributed by atoms with van der Waals surface area (Å²) in [5.41, 5.74) is 3.53. The largest absolute Gasteiger partial charge is 0.465 e. The minimum atomic E-state index is -0.880. The molecule has 2 amide bonds. The van der Waals surface area contributed by atoms with Gasteiger partial charge < -0.3 is 14.9 Å². The number of carbonyl (C=O) groups is 2. The summed E-state index contributed by atoms with van der Waals surface area (Å²) >= 11 is 0. The van der Waals surface area contributed by atoms with Gasteiger partial charge in [-0.2, -0.15) is 5.10 Å². The molecule has 0 radical (unpaired) electrons. The van der Waals surface area contributed by atoms with E-state index in [0.29, 0.717) is 31.5 Å². The van der Waals surface area contributed by atoms with Crippen LogP contribution in [0.5, 0.6) is 0 Å². The Bertz CT molecular complexity index is 739. The first kappa shape index (κ1) is 16.0. The number of fused-ring (bicyclic) bond motifs is 1. The number of benzene rings is 1. The highest BCUT2D eigenvalue weighted by Gasteiger charge is 2.20. The normalized spacial score (nSPS) is 14.0. The van der Waals surface area contributed by atoms with Gasteiger partial charge in [0.15, 0.2) is 0 Å². The molecule has 0 fully saturated rings. The third-order valence-electron chi connectivity index (χ3n) is 4.20. The summed E-state index contributed by atoms with van der Waals surface area (Å²) in [5, 5.41) is 13.7. The van der Waals surface area contributed by atoms with E-state index in [1.807, 2.05) is 18.3 Å². The summed E-state index contributed by atoms with van der Waals surface area (Å²) in [4.78, 5) is 26.0. The summed E-state index contributed by atoms with van der Waals surface area (Å²) in [6.07, 6.45) is 2.35. The van der Waals surface area contributed by atoms with Crippen LogP contribution in [0, 0.1) is 0 Å². The first-order chi connectivity index (χ1) is 11.5. The van der Waals surface area contributed by atoms with Crippen molar-refractivity contribution >= 4 is 12.0 Å². The Balaban J connectivity index is 1.79. The summed E-state index contributed by atoms with van der Waals surface area (Å²) < 4.78 is 1.80. The molecule has 7 heteroatoms. The average Bonchev–Trinajstić information content (AvgIpc) is 2.87. The molecule has 1 aliphatic rings. The van der Waals surface area contributed by atoms with Crippen LogP contribution in [0.4, 0.5) is 4.79 Å². The highest BCUT2D eigenvalue weighted by atomic mass is 16.4. The molecule has 2 aromatic rings. The fraction of sp³-hybridized carbons (Fsp3) is 0.353. The van der Waals surface area contributed by atoms with Crippen LogP contribution in [-0.4, -0.2) is 63.9 Å². The van der Waals surface area contributed by atoms with Crippen molar-refractivity contribution in [3.8, 4) is 5.69 Å². The Morgan fingerprint density at radius 1 is 1.12 bits per heavy atom. The predicted molar refractivity (Wildman–Crippen MR) is 88.6 cm³/mol. The molecule has 0 atom stereocenters. The molecule has 0 bridgehead atoms. The van der Waals surface area contributed by atoms with Gasteiger partial charge in [0.05, 0.1) is 11.4 Å². The number of carboxylic acid groups (broad SMARTS) is 1. The van der Waals surface area contributed by atoms with Gasteiger partial charge in [-0.25, -0.2) is 9.48 Å². The van der Waals surface area contributed by atoms with Crippen LogP contribution < -0.4 is 0 Å². The smallest absolute Gasteiger partial charge is 0.407 e. The molecular formula is C17H20N4O3. The monoisotopic (exact) mass is 328 g/mol. The van der Waals surface area contributed by atoms with Crippen LogP contribution >= 0.6 is 0 Å². The molecule has 126 valence electrons. The van der Waals surface area contributed by atoms with Gasteiger partial charge in [-0.1, -0.05) is 0 Å². The maximum atomic E-state index is 11.9. The lowest BCUT2D eigenvalue weighted by Gasteiger charge is -2.15. The van der Waals surface area contributed by atoms with E-state index in [0.717, 1.165) is 16.9 Å². The van der Waals surface area contributed by atoms with Crippen molar-refractivity contribution in [1.82, 2.24) is 19.6 Å². The Morgan fingerprint density at radius 3 is 2.42 bits per heavy atom. The SMILES string of the molecule is CN(C)C(=O)c1ccc(-n2cc3c(n2)CCN(C(=O)O)CC3)cc1. The first-order valence-electron chi connectivity index (χ1n) is 7.83. The zero-order valence-electron chi connectivity index (χ0n) is 13.8. The summed E-state index contributed by atoms with van der Waals surface area (Å²) in [6.45, 7) is 0.958. The van der Waals surface area contributed by atoms with E-state index in [4.69, 9.17) is 5.11 Å². The van der Waals surface area contributed by atoms with Gasteiger partial charge in [0.25, 0.3) is 5.91 Å². The maximum Gasteiger partial charge on any atom is 0.407 e. The highest BCUT2D eigenvalue weighted by Crippen LogP contribution is 2.18. The van der Waals surface area contributed by atoms with Crippen molar-refractivity contribution in [2.45, 2.75) is 12.8 Å². The second-order valence-electron chi connectivity index (χ2n) is 6.06. The molecule has 0 spiro atoms. The van der Waals surface area contributed by atoms with Crippen LogP contribution in [0.3, 0.4) is 0 Å². The van der Waals surface area contributed by atoms with Gasteiger partial charge in [0, 0.05) is 45.4 Å². The van der Waals surface area contributed by atoms with E-state index in [2.05, 4.69) is 5.10 Å². The van der Waals surface area contributed by atoms with Gasteiger partial charge in [-0.3, -0.25) is 4.79 Å². The van der Waals surface area contributed by atoms with E-state index in [-0.39, 0.29) is 5.91 Å². The second kappa shape index (κ2) is 6.35. The predicted octanol–water partition coefficient (Wildman–Crippen LogP) is 1.65. The van der Waals surface area contributed by atoms with Crippen molar-refractivity contribution in [3.63, 3.8) is 0 Å². The molecular weight excluding hydrogens is 308 g/mol. The van der Waals surface area contributed by atoms with Crippen LogP contribution in [-0.2, 0) is 12.8 Å². The number of nitrogens with zero attached hydrogens (tertiary/aromatic N) is 4. The number of aromatic nitrogens is 2. The molecule has 1 N–H and O–H groups in total. The van der Waals surface area contributed by atoms with Crippen molar-refractivity contribution in [3.05, 3.63) is 47.3 Å². The molecule has 0 aliphatic carbocycles. The standard InChI is InChI=1S/C17H20N4O3/c1-19(2)16(22)12-3-5-14(6-4-12)21-11-13-7-9-20(17(23)24)10-8-15(13)18-21/h3-6,11H,7-10H2,1-2H3,(H,23,24). The third-order valence-corrected chi connectivity index (χ3v) is 4.20. The lowest BCUT2D eigenvalue weighted by molar-refractivity contribution is 0.0827. The Kier molecular flexibility index (Phi) is 4.24. The lowest BCUT2D eigenvalue weighted by Crippen LogP contribution is -2.31. The zero-order chi connectivity index (χ0) is 17.3. The van der Waals surface area contributed by atoms with Crippen LogP contribution in [0.1, 0.15) is 21.6 Å². The topological polar surface area (TPSA) is 78.7 Å². The molecule has 3 rings (SSSR count). The average molecular weight is 328 g/mol. The fourth-order valence-corrected chi connectivity index (χ4v) is 2.81. The van der Waals surface area contributed by atoms with Gasteiger partial charge in [-0.15, -0.1) is 0 Å². The number of rotatable bonds is 2. The Morgan fingerprint density at radius 2 is 1.79 bits per heavy atom. The maximum absolute atomic E-state index is 11.9. The minimum Gasteiger partial charge on any atom is -0.465 e. The van der Waals surface area contributed by atoms with Crippen molar-refractivity contribution in [2.75, 3.05) is 27.2 Å². The molecule has 0 unspecified atom stereocenters. The van der Waals surface area contributed by atoms with Gasteiger partial charge in [0.1, 0.15) is 0 Å². The first-order valence-corrected chi connectivity index (χ1v) is 7.83. The van der Waals surface area contributed by atoms with Crippen LogP contribution in [0.25, 0.3) is 5.69 Å². The summed E-state index contributed by atoms with van der Waals surface area (Å²) in [5.74, 6) is -0.0356. The van der Waals surface area contributed by atoms with E-state index in [1.165, 1.54) is 4.90 Å². The Hall–Kier alpha value is -2.83. The summed E-state index contributed by atoms with van der Waals surface area (Å²) in [6, 6.07) is 7.31. The van der Waals surface area contributed by atoms with Crippen LogP contribution in [0.15, 0.2) is 30.5 Å². The molecule has 2 heterocycles. The highest BCUT2D eigenvalue weighted by molar-refractivity contribution is 5.94. The molecule has 0 saturated carbocycles. The molecule has 7 nitrogen and oxygen atoms in total. The minimum absolute atomic E-state index is 0.0356. The van der Waals surface area contributed by atoms with Gasteiger partial charge in [0.2, 0.25) is 0 Å². The van der Waals surface area contributed by atoms with Gasteiger partial charge in [-0.05, 0) is 36.2 Å². The van der Waals surface area contributed by atoms with E-state index < -0.39 is 6.09 Å². The molecule has 24 heavy (non-hydrogen) atoms. The van der Waals surface area contributed by atoms with E-state index >= 15 is 0 Å². The van der Waals surface area contributed by atoms with Crippen LogP contribution in [0.2, 0.25) is 0 Å². The third kappa shape index (κ3) is 3.10. The van der Waals surface area contributed by atoms with Gasteiger partial charge >= 0.3 is 6.09 Å². The number of hydrogen-bond donors (Lipinski definition) is 1. The van der Waals surface area contributed by atoms with Crippen molar-refractivity contribution < 1.29 is 14.7 Å². The molecule has 0 saturated heterocycles. The molecule has 1 aromatic heterocycles. The fourth-order valence-electron chi connectivity index (χ4n) is 2.81. The quantitative estimate of drug-likeness (QED) is 0.909. The van der Waals surface area contributed by atoms with Crippen molar-refractivity contribution in [1.29, 1.82) is 0 Å². The Labute approximate surface area is 140 Å². The van der Waals surface area contributed by atoms with E-state index in [1.54, 1.807) is 35.8 Å². The number of carbonyl (C=O) groups excluding carboxylic acids is 1. The number of hydrogen-bond acceptors (Lipinski definition) is 3. The van der Waals surface area contributed by atoms with Crippen molar-refractivity contribution in [2.24, 2.45) is 0 Å².